The molecule has 2 heterocycles. The Morgan fingerprint density at radius 3 is 2.82 bits per heavy atom. The van der Waals surface area contributed by atoms with Gasteiger partial charge < -0.3 is 5.73 Å². The zero-order valence-corrected chi connectivity index (χ0v) is 9.38. The van der Waals surface area contributed by atoms with Crippen LogP contribution in [0.3, 0.4) is 0 Å². The Hall–Kier alpha value is -1.98. The van der Waals surface area contributed by atoms with E-state index in [9.17, 15) is 0 Å². The second-order valence-corrected chi connectivity index (χ2v) is 3.80. The van der Waals surface area contributed by atoms with Gasteiger partial charge in [-0.3, -0.25) is 16.3 Å². The maximum absolute atomic E-state index is 5.64. The van der Waals surface area contributed by atoms with Crippen LogP contribution >= 0.6 is 0 Å². The molecule has 0 aliphatic rings. The van der Waals surface area contributed by atoms with Crippen LogP contribution in [0.25, 0.3) is 0 Å². The summed E-state index contributed by atoms with van der Waals surface area (Å²) in [5, 5.41) is 0. The van der Waals surface area contributed by atoms with Crippen molar-refractivity contribution in [3.8, 4) is 0 Å². The van der Waals surface area contributed by atoms with Crippen molar-refractivity contribution in [2.24, 2.45) is 5.84 Å². The minimum atomic E-state index is 0.0190. The fraction of sp³-hybridized carbons (Fsp3) is 0.167. The lowest BCUT2D eigenvalue weighted by Crippen LogP contribution is -2.29. The number of anilines is 1. The molecule has 17 heavy (non-hydrogen) atoms. The molecule has 0 saturated heterocycles. The van der Waals surface area contributed by atoms with E-state index >= 15 is 0 Å². The van der Waals surface area contributed by atoms with E-state index < -0.39 is 0 Å². The summed E-state index contributed by atoms with van der Waals surface area (Å²) in [5.74, 6) is 6.08. The van der Waals surface area contributed by atoms with E-state index in [1.807, 2.05) is 24.3 Å². The molecule has 0 aliphatic heterocycles. The van der Waals surface area contributed by atoms with Gasteiger partial charge in [0, 0.05) is 18.6 Å². The summed E-state index contributed by atoms with van der Waals surface area (Å²) in [6.07, 6.45) is 5.98. The first-order chi connectivity index (χ1) is 8.29. The van der Waals surface area contributed by atoms with E-state index in [0.717, 1.165) is 17.5 Å². The van der Waals surface area contributed by atoms with Gasteiger partial charge >= 0.3 is 0 Å². The molecule has 0 bridgehead atoms. The maximum atomic E-state index is 5.64. The number of nitrogens with two attached hydrogens (primary N) is 2. The molecule has 0 fully saturated rings. The van der Waals surface area contributed by atoms with Crippen LogP contribution in [0.4, 0.5) is 5.82 Å². The van der Waals surface area contributed by atoms with Crippen LogP contribution in [-0.2, 0) is 6.42 Å². The molecule has 2 rings (SSSR count). The molecule has 2 aromatic heterocycles. The zero-order chi connectivity index (χ0) is 12.1. The van der Waals surface area contributed by atoms with E-state index in [2.05, 4.69) is 15.4 Å². The van der Waals surface area contributed by atoms with Crippen LogP contribution in [0.1, 0.15) is 17.2 Å². The first-order valence-electron chi connectivity index (χ1n) is 5.36. The molecule has 5 nitrogen and oxygen atoms in total. The van der Waals surface area contributed by atoms with E-state index in [4.69, 9.17) is 11.6 Å². The van der Waals surface area contributed by atoms with Gasteiger partial charge in [-0.15, -0.1) is 0 Å². The van der Waals surface area contributed by atoms with Crippen molar-refractivity contribution in [2.45, 2.75) is 12.5 Å². The first-order valence-corrected chi connectivity index (χ1v) is 5.36. The standard InChI is InChI=1S/C12H15N5/c13-12-7-9(3-5-16-12)6-11(17-14)10-2-1-4-15-8-10/h1-5,7-8,11,17H,6,14H2,(H2,13,16). The molecule has 0 aromatic carbocycles. The van der Waals surface area contributed by atoms with Crippen LogP contribution in [0.5, 0.6) is 0 Å². The van der Waals surface area contributed by atoms with Crippen molar-refractivity contribution in [2.75, 3.05) is 5.73 Å². The number of nitrogens with zero attached hydrogens (tertiary/aromatic N) is 2. The molecule has 0 saturated carbocycles. The third-order valence-electron chi connectivity index (χ3n) is 2.57. The first kappa shape index (κ1) is 11.5. The Balaban J connectivity index is 2.16. The average molecular weight is 229 g/mol. The predicted octanol–water partition coefficient (Wildman–Crippen LogP) is 0.806. The lowest BCUT2D eigenvalue weighted by molar-refractivity contribution is 0.550. The fourth-order valence-electron chi connectivity index (χ4n) is 1.71. The highest BCUT2D eigenvalue weighted by Gasteiger charge is 2.10. The number of hydrogen-bond acceptors (Lipinski definition) is 5. The minimum Gasteiger partial charge on any atom is -0.384 e. The van der Waals surface area contributed by atoms with Crippen LogP contribution in [-0.4, -0.2) is 9.97 Å². The molecule has 88 valence electrons. The summed E-state index contributed by atoms with van der Waals surface area (Å²) in [6.45, 7) is 0. The molecule has 0 aliphatic carbocycles. The van der Waals surface area contributed by atoms with Crippen LogP contribution in [0, 0.1) is 0 Å². The lowest BCUT2D eigenvalue weighted by Gasteiger charge is -2.15. The third kappa shape index (κ3) is 2.99. The number of aromatic nitrogens is 2. The molecular weight excluding hydrogens is 214 g/mol. The summed E-state index contributed by atoms with van der Waals surface area (Å²) in [7, 11) is 0. The summed E-state index contributed by atoms with van der Waals surface area (Å²) in [6, 6.07) is 7.67. The van der Waals surface area contributed by atoms with Crippen LogP contribution in [0.2, 0.25) is 0 Å². The fourth-order valence-corrected chi connectivity index (χ4v) is 1.71. The van der Waals surface area contributed by atoms with Gasteiger partial charge in [-0.2, -0.15) is 0 Å². The number of pyridine rings is 2. The summed E-state index contributed by atoms with van der Waals surface area (Å²) in [5.41, 5.74) is 10.6. The highest BCUT2D eigenvalue weighted by atomic mass is 15.2. The summed E-state index contributed by atoms with van der Waals surface area (Å²) >= 11 is 0. The summed E-state index contributed by atoms with van der Waals surface area (Å²) < 4.78 is 0. The Bertz CT molecular complexity index is 471. The van der Waals surface area contributed by atoms with Crippen molar-refractivity contribution >= 4 is 5.82 Å². The number of nitrogens with one attached hydrogen (secondary N) is 1. The molecule has 1 atom stereocenters. The topological polar surface area (TPSA) is 89.8 Å². The number of hydrazine groups is 1. The van der Waals surface area contributed by atoms with Crippen molar-refractivity contribution in [1.29, 1.82) is 0 Å². The Morgan fingerprint density at radius 1 is 1.29 bits per heavy atom. The highest BCUT2D eigenvalue weighted by molar-refractivity contribution is 5.33. The highest BCUT2D eigenvalue weighted by Crippen LogP contribution is 2.17. The third-order valence-corrected chi connectivity index (χ3v) is 2.57. The summed E-state index contributed by atoms with van der Waals surface area (Å²) in [4.78, 5) is 8.04. The number of rotatable bonds is 4. The van der Waals surface area contributed by atoms with Gasteiger partial charge in [0.05, 0.1) is 6.04 Å². The molecular formula is C12H15N5. The van der Waals surface area contributed by atoms with E-state index in [0.29, 0.717) is 5.82 Å². The van der Waals surface area contributed by atoms with Crippen molar-refractivity contribution in [3.63, 3.8) is 0 Å². The molecule has 0 amide bonds. The number of nitrogen functional groups attached to an aromatic ring is 1. The van der Waals surface area contributed by atoms with Gasteiger partial charge in [0.25, 0.3) is 0 Å². The average Bonchev–Trinajstić information content (AvgIpc) is 2.37. The van der Waals surface area contributed by atoms with Gasteiger partial charge in [0.15, 0.2) is 0 Å². The van der Waals surface area contributed by atoms with Gasteiger partial charge in [0.1, 0.15) is 5.82 Å². The second kappa shape index (κ2) is 5.38. The molecule has 5 N–H and O–H groups in total. The van der Waals surface area contributed by atoms with E-state index in [1.54, 1.807) is 18.6 Å². The van der Waals surface area contributed by atoms with Crippen LogP contribution in [0.15, 0.2) is 42.9 Å². The van der Waals surface area contributed by atoms with Gasteiger partial charge in [-0.05, 0) is 35.7 Å². The van der Waals surface area contributed by atoms with E-state index in [-0.39, 0.29) is 6.04 Å². The van der Waals surface area contributed by atoms with Crippen molar-refractivity contribution < 1.29 is 0 Å². The van der Waals surface area contributed by atoms with Gasteiger partial charge in [0.2, 0.25) is 0 Å². The van der Waals surface area contributed by atoms with Crippen molar-refractivity contribution in [3.05, 3.63) is 54.0 Å². The van der Waals surface area contributed by atoms with Gasteiger partial charge in [-0.25, -0.2) is 4.98 Å². The molecule has 5 heteroatoms. The zero-order valence-electron chi connectivity index (χ0n) is 9.38. The predicted molar refractivity (Wildman–Crippen MR) is 66.7 cm³/mol. The Kier molecular flexibility index (Phi) is 3.64. The molecule has 0 radical (unpaired) electrons. The smallest absolute Gasteiger partial charge is 0.123 e. The van der Waals surface area contributed by atoms with E-state index in [1.165, 1.54) is 0 Å². The van der Waals surface area contributed by atoms with Gasteiger partial charge in [-0.1, -0.05) is 6.07 Å². The molecule has 2 aromatic rings. The molecule has 0 spiro atoms. The monoisotopic (exact) mass is 229 g/mol. The van der Waals surface area contributed by atoms with Crippen molar-refractivity contribution in [1.82, 2.24) is 15.4 Å². The Labute approximate surface area is 99.9 Å². The minimum absolute atomic E-state index is 0.0190. The number of hydrogen-bond donors (Lipinski definition) is 3. The maximum Gasteiger partial charge on any atom is 0.123 e. The normalized spacial score (nSPS) is 12.3. The molecule has 1 unspecified atom stereocenters. The SMILES string of the molecule is NNC(Cc1ccnc(N)c1)c1cccnc1. The quantitative estimate of drug-likeness (QED) is 0.533. The lowest BCUT2D eigenvalue weighted by atomic mass is 10.0. The Morgan fingerprint density at radius 2 is 2.18 bits per heavy atom. The largest absolute Gasteiger partial charge is 0.384 e. The second-order valence-electron chi connectivity index (χ2n) is 3.80. The van der Waals surface area contributed by atoms with Crippen LogP contribution < -0.4 is 17.0 Å².